The van der Waals surface area contributed by atoms with Crippen LogP contribution in [0.5, 0.6) is 0 Å². The lowest BCUT2D eigenvalue weighted by atomic mass is 10.2. The molecule has 0 aliphatic carbocycles. The van der Waals surface area contributed by atoms with Gasteiger partial charge in [0.15, 0.2) is 0 Å². The highest BCUT2D eigenvalue weighted by atomic mass is 35.5. The first kappa shape index (κ1) is 20.4. The predicted octanol–water partition coefficient (Wildman–Crippen LogP) is 4.53. The number of ether oxygens (including phenoxy) is 1. The van der Waals surface area contributed by atoms with Crippen molar-refractivity contribution in [3.05, 3.63) is 87.9 Å². The third-order valence-corrected chi connectivity index (χ3v) is 5.00. The molecule has 0 bridgehead atoms. The lowest BCUT2D eigenvalue weighted by Crippen LogP contribution is -2.34. The van der Waals surface area contributed by atoms with Crippen LogP contribution in [0.2, 0.25) is 10.0 Å². The molecular weight excluding hydrogens is 397 g/mol. The summed E-state index contributed by atoms with van der Waals surface area (Å²) in [4.78, 5) is 19.1. The van der Waals surface area contributed by atoms with Gasteiger partial charge < -0.3 is 14.2 Å². The van der Waals surface area contributed by atoms with E-state index >= 15 is 0 Å². The van der Waals surface area contributed by atoms with Crippen molar-refractivity contribution in [2.45, 2.75) is 13.1 Å². The van der Waals surface area contributed by atoms with Crippen LogP contribution in [0.15, 0.2) is 60.9 Å². The summed E-state index contributed by atoms with van der Waals surface area (Å²) in [5.74, 6) is 0.680. The number of carbonyl (C=O) groups is 1. The summed E-state index contributed by atoms with van der Waals surface area (Å²) in [6.45, 7) is 1.84. The fraction of sp³-hybridized carbons (Fsp3) is 0.238. The lowest BCUT2D eigenvalue weighted by molar-refractivity contribution is 0.0673. The molecule has 3 rings (SSSR count). The summed E-state index contributed by atoms with van der Waals surface area (Å²) >= 11 is 12.2. The van der Waals surface area contributed by atoms with Gasteiger partial charge in [0.25, 0.3) is 5.91 Å². The van der Waals surface area contributed by atoms with Crippen LogP contribution in [0.25, 0.3) is 0 Å². The Morgan fingerprint density at radius 2 is 1.89 bits per heavy atom. The summed E-state index contributed by atoms with van der Waals surface area (Å²) in [6.07, 6.45) is 3.62. The van der Waals surface area contributed by atoms with Gasteiger partial charge in [-0.25, -0.2) is 4.98 Å². The van der Waals surface area contributed by atoms with Gasteiger partial charge in [-0.05, 0) is 35.9 Å². The third-order valence-electron chi connectivity index (χ3n) is 4.38. The molecular formula is C21H21Cl2N3O2. The van der Waals surface area contributed by atoms with Crippen molar-refractivity contribution < 1.29 is 9.53 Å². The maximum absolute atomic E-state index is 13.0. The van der Waals surface area contributed by atoms with Crippen molar-refractivity contribution in [1.82, 2.24) is 14.5 Å². The van der Waals surface area contributed by atoms with Gasteiger partial charge in [0.05, 0.1) is 19.7 Å². The zero-order valence-corrected chi connectivity index (χ0v) is 17.0. The van der Waals surface area contributed by atoms with Gasteiger partial charge in [-0.2, -0.15) is 0 Å². The van der Waals surface area contributed by atoms with Crippen LogP contribution < -0.4 is 0 Å². The molecule has 2 aromatic carbocycles. The topological polar surface area (TPSA) is 47.4 Å². The number of rotatable bonds is 8. The van der Waals surface area contributed by atoms with Crippen molar-refractivity contribution in [2.75, 3.05) is 20.3 Å². The molecule has 0 spiro atoms. The van der Waals surface area contributed by atoms with Gasteiger partial charge >= 0.3 is 0 Å². The Labute approximate surface area is 174 Å². The molecule has 7 heteroatoms. The van der Waals surface area contributed by atoms with Gasteiger partial charge in [-0.15, -0.1) is 0 Å². The monoisotopic (exact) mass is 417 g/mol. The van der Waals surface area contributed by atoms with E-state index in [-0.39, 0.29) is 5.91 Å². The molecule has 1 amide bonds. The molecule has 0 atom stereocenters. The number of hydrogen-bond donors (Lipinski definition) is 0. The third kappa shape index (κ3) is 5.13. The number of amides is 1. The quantitative estimate of drug-likeness (QED) is 0.540. The van der Waals surface area contributed by atoms with E-state index in [0.717, 1.165) is 11.4 Å². The van der Waals surface area contributed by atoms with Gasteiger partial charge in [0, 0.05) is 41.7 Å². The minimum atomic E-state index is -0.0963. The fourth-order valence-corrected chi connectivity index (χ4v) is 3.17. The highest BCUT2D eigenvalue weighted by Crippen LogP contribution is 2.18. The average molecular weight is 418 g/mol. The summed E-state index contributed by atoms with van der Waals surface area (Å²) in [7, 11) is 1.61. The van der Waals surface area contributed by atoms with Crippen LogP contribution in [-0.2, 0) is 17.8 Å². The molecule has 0 N–H and O–H groups in total. The van der Waals surface area contributed by atoms with E-state index < -0.39 is 0 Å². The molecule has 5 nitrogen and oxygen atoms in total. The minimum Gasteiger partial charge on any atom is -0.383 e. The Morgan fingerprint density at radius 1 is 1.14 bits per heavy atom. The molecule has 0 unspecified atom stereocenters. The number of aromatic nitrogens is 2. The minimum absolute atomic E-state index is 0.0963. The SMILES string of the molecule is COCCN(Cc1nccn1Cc1ccccc1Cl)C(=O)c1ccc(Cl)cc1. The summed E-state index contributed by atoms with van der Waals surface area (Å²) in [6, 6.07) is 14.6. The number of halogens is 2. The van der Waals surface area contributed by atoms with E-state index in [2.05, 4.69) is 4.98 Å². The zero-order valence-electron chi connectivity index (χ0n) is 15.5. The summed E-state index contributed by atoms with van der Waals surface area (Å²) in [5.41, 5.74) is 1.57. The summed E-state index contributed by atoms with van der Waals surface area (Å²) in [5, 5.41) is 1.30. The van der Waals surface area contributed by atoms with Crippen LogP contribution in [0, 0.1) is 0 Å². The molecule has 0 aliphatic rings. The Hall–Kier alpha value is -2.34. The van der Waals surface area contributed by atoms with Crippen LogP contribution in [-0.4, -0.2) is 40.6 Å². The second kappa shape index (κ2) is 9.73. The number of imidazole rings is 1. The van der Waals surface area contributed by atoms with Gasteiger partial charge in [0.2, 0.25) is 0 Å². The van der Waals surface area contributed by atoms with E-state index in [1.807, 2.05) is 35.0 Å². The molecule has 1 aromatic heterocycles. The molecule has 1 heterocycles. The number of nitrogens with zero attached hydrogens (tertiary/aromatic N) is 3. The fourth-order valence-electron chi connectivity index (χ4n) is 2.85. The van der Waals surface area contributed by atoms with Crippen molar-refractivity contribution in [2.24, 2.45) is 0 Å². The van der Waals surface area contributed by atoms with Crippen LogP contribution >= 0.6 is 23.2 Å². The maximum atomic E-state index is 13.0. The number of benzene rings is 2. The van der Waals surface area contributed by atoms with Crippen molar-refractivity contribution in [3.8, 4) is 0 Å². The molecule has 146 valence electrons. The van der Waals surface area contributed by atoms with Crippen LogP contribution in [0.4, 0.5) is 0 Å². The van der Waals surface area contributed by atoms with Gasteiger partial charge in [-0.3, -0.25) is 4.79 Å². The normalized spacial score (nSPS) is 10.8. The Morgan fingerprint density at radius 3 is 2.61 bits per heavy atom. The smallest absolute Gasteiger partial charge is 0.254 e. The molecule has 28 heavy (non-hydrogen) atoms. The highest BCUT2D eigenvalue weighted by molar-refractivity contribution is 6.31. The van der Waals surface area contributed by atoms with E-state index in [9.17, 15) is 4.79 Å². The van der Waals surface area contributed by atoms with Gasteiger partial charge in [-0.1, -0.05) is 41.4 Å². The first-order chi connectivity index (χ1) is 13.6. The van der Waals surface area contributed by atoms with Crippen molar-refractivity contribution in [1.29, 1.82) is 0 Å². The molecule has 0 saturated heterocycles. The lowest BCUT2D eigenvalue weighted by Gasteiger charge is -2.23. The predicted molar refractivity (Wildman–Crippen MR) is 111 cm³/mol. The number of methoxy groups -OCH3 is 1. The first-order valence-corrected chi connectivity index (χ1v) is 9.61. The van der Waals surface area contributed by atoms with E-state index in [4.69, 9.17) is 27.9 Å². The van der Waals surface area contributed by atoms with Crippen molar-refractivity contribution in [3.63, 3.8) is 0 Å². The standard InChI is InChI=1S/C21H21Cl2N3O2/c1-28-13-12-26(21(27)16-6-8-18(22)9-7-16)15-20-24-10-11-25(20)14-17-4-2-3-5-19(17)23/h2-11H,12-15H2,1H3. The second-order valence-electron chi connectivity index (χ2n) is 6.29. The van der Waals surface area contributed by atoms with Crippen LogP contribution in [0.1, 0.15) is 21.7 Å². The average Bonchev–Trinajstić information content (AvgIpc) is 3.13. The molecule has 0 fully saturated rings. The van der Waals surface area contributed by atoms with Gasteiger partial charge in [0.1, 0.15) is 5.82 Å². The Kier molecular flexibility index (Phi) is 7.09. The van der Waals surface area contributed by atoms with E-state index in [1.165, 1.54) is 0 Å². The maximum Gasteiger partial charge on any atom is 0.254 e. The molecule has 0 aliphatic heterocycles. The van der Waals surface area contributed by atoms with E-state index in [1.54, 1.807) is 42.5 Å². The van der Waals surface area contributed by atoms with Crippen LogP contribution in [0.3, 0.4) is 0 Å². The number of hydrogen-bond acceptors (Lipinski definition) is 3. The first-order valence-electron chi connectivity index (χ1n) is 8.85. The Balaban J connectivity index is 1.80. The highest BCUT2D eigenvalue weighted by Gasteiger charge is 2.18. The second-order valence-corrected chi connectivity index (χ2v) is 7.13. The Bertz CT molecular complexity index is 925. The molecule has 0 radical (unpaired) electrons. The number of carbonyl (C=O) groups excluding carboxylic acids is 1. The largest absolute Gasteiger partial charge is 0.383 e. The van der Waals surface area contributed by atoms with Crippen molar-refractivity contribution >= 4 is 29.1 Å². The summed E-state index contributed by atoms with van der Waals surface area (Å²) < 4.78 is 7.17. The molecule has 0 saturated carbocycles. The molecule has 3 aromatic rings. The van der Waals surface area contributed by atoms with E-state index in [0.29, 0.717) is 41.8 Å². The zero-order chi connectivity index (χ0) is 19.9.